The Bertz CT molecular complexity index is 1560. The van der Waals surface area contributed by atoms with Crippen molar-refractivity contribution in [3.8, 4) is 0 Å². The Hall–Kier alpha value is -4.20. The molecule has 0 fully saturated rings. The zero-order valence-corrected chi connectivity index (χ0v) is 22.2. The van der Waals surface area contributed by atoms with Gasteiger partial charge in [0.25, 0.3) is 11.8 Å². The predicted molar refractivity (Wildman–Crippen MR) is 154 cm³/mol. The molecule has 7 nitrogen and oxygen atoms in total. The van der Waals surface area contributed by atoms with Crippen LogP contribution in [0.4, 0.5) is 11.4 Å². The van der Waals surface area contributed by atoms with E-state index in [0.717, 1.165) is 34.3 Å². The Kier molecular flexibility index (Phi) is 7.13. The number of fused-ring (bicyclic) bond motifs is 2. The maximum absolute atomic E-state index is 13.2. The number of pyridine rings is 1. The molecule has 3 aromatic carbocycles. The van der Waals surface area contributed by atoms with Gasteiger partial charge in [-0.25, -0.2) is 0 Å². The molecule has 38 heavy (non-hydrogen) atoms. The zero-order chi connectivity index (χ0) is 26.8. The van der Waals surface area contributed by atoms with Crippen molar-refractivity contribution in [2.45, 2.75) is 0 Å². The van der Waals surface area contributed by atoms with Crippen molar-refractivity contribution in [2.75, 3.05) is 44.9 Å². The minimum atomic E-state index is -0.222. The fourth-order valence-corrected chi connectivity index (χ4v) is 4.58. The number of anilines is 2. The standard InChI is InChI=1S/C30H28ClN5O2/c1-35(2)15-16-36(3)30(38)20-8-11-23(12-9-20)33-28(21-7-6-19-5-4-14-32-25(19)17-21)27-24-13-10-22(31)18-26(24)34-29(27)37/h4-14,17-18,33H,15-16H2,1-3H3,(H,34,37)/b28-27-. The van der Waals surface area contributed by atoms with Gasteiger partial charge >= 0.3 is 0 Å². The molecule has 0 bridgehead atoms. The van der Waals surface area contributed by atoms with E-state index in [1.54, 1.807) is 42.4 Å². The summed E-state index contributed by atoms with van der Waals surface area (Å²) in [5, 5.41) is 7.93. The lowest BCUT2D eigenvalue weighted by Gasteiger charge is -2.20. The SMILES string of the molecule is CN(C)CCN(C)C(=O)c1ccc(N/C(=C2\C(=O)Nc3cc(Cl)ccc32)c2ccc3cccnc3c2)cc1. The highest BCUT2D eigenvalue weighted by atomic mass is 35.5. The Balaban J connectivity index is 1.53. The van der Waals surface area contributed by atoms with Crippen molar-refractivity contribution in [3.63, 3.8) is 0 Å². The van der Waals surface area contributed by atoms with Crippen molar-refractivity contribution in [2.24, 2.45) is 0 Å². The normalized spacial score (nSPS) is 13.9. The van der Waals surface area contributed by atoms with Crippen molar-refractivity contribution in [1.29, 1.82) is 0 Å². The second-order valence-corrected chi connectivity index (χ2v) is 9.97. The topological polar surface area (TPSA) is 77.6 Å². The van der Waals surface area contributed by atoms with Gasteiger partial charge in [-0.05, 0) is 62.6 Å². The summed E-state index contributed by atoms with van der Waals surface area (Å²) in [4.78, 5) is 34.3. The molecule has 0 aliphatic carbocycles. The Morgan fingerprint density at radius 2 is 1.71 bits per heavy atom. The summed E-state index contributed by atoms with van der Waals surface area (Å²) in [5.74, 6) is -0.265. The summed E-state index contributed by atoms with van der Waals surface area (Å²) in [6.45, 7) is 1.42. The molecule has 0 saturated heterocycles. The first-order chi connectivity index (χ1) is 18.3. The molecule has 2 heterocycles. The predicted octanol–water partition coefficient (Wildman–Crippen LogP) is 5.45. The highest BCUT2D eigenvalue weighted by molar-refractivity contribution is 6.38. The molecular weight excluding hydrogens is 498 g/mol. The van der Waals surface area contributed by atoms with Gasteiger partial charge in [-0.1, -0.05) is 35.9 Å². The van der Waals surface area contributed by atoms with Gasteiger partial charge in [0.2, 0.25) is 0 Å². The van der Waals surface area contributed by atoms with E-state index in [1.807, 2.05) is 67.5 Å². The summed E-state index contributed by atoms with van der Waals surface area (Å²) >= 11 is 6.18. The fraction of sp³-hybridized carbons (Fsp3) is 0.167. The monoisotopic (exact) mass is 525 g/mol. The smallest absolute Gasteiger partial charge is 0.258 e. The summed E-state index contributed by atoms with van der Waals surface area (Å²) in [7, 11) is 5.76. The molecule has 8 heteroatoms. The van der Waals surface area contributed by atoms with Crippen molar-refractivity contribution >= 4 is 57.0 Å². The number of hydrogen-bond acceptors (Lipinski definition) is 5. The van der Waals surface area contributed by atoms with Gasteiger partial charge in [0, 0.05) is 59.1 Å². The molecular formula is C30H28ClN5O2. The lowest BCUT2D eigenvalue weighted by molar-refractivity contribution is -0.110. The van der Waals surface area contributed by atoms with E-state index in [1.165, 1.54) is 0 Å². The molecule has 2 N–H and O–H groups in total. The van der Waals surface area contributed by atoms with Crippen LogP contribution in [-0.4, -0.2) is 60.8 Å². The van der Waals surface area contributed by atoms with E-state index in [2.05, 4.69) is 15.6 Å². The van der Waals surface area contributed by atoms with Crippen LogP contribution in [0.2, 0.25) is 5.02 Å². The maximum atomic E-state index is 13.2. The summed E-state index contributed by atoms with van der Waals surface area (Å²) < 4.78 is 0. The van der Waals surface area contributed by atoms with E-state index in [9.17, 15) is 9.59 Å². The van der Waals surface area contributed by atoms with E-state index >= 15 is 0 Å². The third kappa shape index (κ3) is 5.25. The van der Waals surface area contributed by atoms with Crippen molar-refractivity contribution < 1.29 is 9.59 Å². The van der Waals surface area contributed by atoms with Gasteiger partial charge < -0.3 is 20.4 Å². The minimum absolute atomic E-state index is 0.0430. The number of rotatable bonds is 7. The number of likely N-dealkylation sites (N-methyl/N-ethyl adjacent to an activating group) is 2. The molecule has 1 aliphatic heterocycles. The molecule has 0 spiro atoms. The van der Waals surface area contributed by atoms with Crippen LogP contribution in [0.5, 0.6) is 0 Å². The third-order valence-corrected chi connectivity index (χ3v) is 6.74. The summed E-state index contributed by atoms with van der Waals surface area (Å²) in [5.41, 5.74) is 5.55. The van der Waals surface area contributed by atoms with Crippen LogP contribution in [0.1, 0.15) is 21.5 Å². The highest BCUT2D eigenvalue weighted by Crippen LogP contribution is 2.39. The molecule has 5 rings (SSSR count). The van der Waals surface area contributed by atoms with E-state index in [0.29, 0.717) is 34.1 Å². The van der Waals surface area contributed by atoms with Crippen molar-refractivity contribution in [3.05, 3.63) is 101 Å². The number of amides is 2. The average molecular weight is 526 g/mol. The highest BCUT2D eigenvalue weighted by Gasteiger charge is 2.29. The van der Waals surface area contributed by atoms with E-state index in [4.69, 9.17) is 11.6 Å². The molecule has 1 aliphatic rings. The third-order valence-electron chi connectivity index (χ3n) is 6.50. The lowest BCUT2D eigenvalue weighted by Crippen LogP contribution is -2.33. The summed E-state index contributed by atoms with van der Waals surface area (Å²) in [6.07, 6.45) is 1.75. The van der Waals surface area contributed by atoms with Crippen LogP contribution in [0.25, 0.3) is 22.2 Å². The molecule has 0 saturated carbocycles. The Labute approximate surface area is 226 Å². The fourth-order valence-electron chi connectivity index (χ4n) is 4.41. The first-order valence-electron chi connectivity index (χ1n) is 12.3. The number of carbonyl (C=O) groups is 2. The van der Waals surface area contributed by atoms with E-state index in [-0.39, 0.29) is 11.8 Å². The number of hydrogen-bond donors (Lipinski definition) is 2. The van der Waals surface area contributed by atoms with Crippen LogP contribution in [-0.2, 0) is 4.79 Å². The van der Waals surface area contributed by atoms with Gasteiger partial charge in [-0.2, -0.15) is 0 Å². The maximum Gasteiger partial charge on any atom is 0.258 e. The Morgan fingerprint density at radius 3 is 2.47 bits per heavy atom. The second-order valence-electron chi connectivity index (χ2n) is 9.54. The van der Waals surface area contributed by atoms with Crippen molar-refractivity contribution in [1.82, 2.24) is 14.8 Å². The first-order valence-corrected chi connectivity index (χ1v) is 12.7. The molecule has 2 amide bonds. The number of halogens is 1. The molecule has 4 aromatic rings. The van der Waals surface area contributed by atoms with Crippen LogP contribution in [0, 0.1) is 0 Å². The first kappa shape index (κ1) is 25.4. The van der Waals surface area contributed by atoms with Gasteiger partial charge in [0.1, 0.15) is 0 Å². The Morgan fingerprint density at radius 1 is 0.947 bits per heavy atom. The van der Waals surface area contributed by atoms with Crippen LogP contribution < -0.4 is 10.6 Å². The number of nitrogens with one attached hydrogen (secondary N) is 2. The lowest BCUT2D eigenvalue weighted by atomic mass is 9.99. The average Bonchev–Trinajstić information content (AvgIpc) is 3.24. The quantitative estimate of drug-likeness (QED) is 0.314. The molecule has 0 radical (unpaired) electrons. The molecule has 192 valence electrons. The van der Waals surface area contributed by atoms with Crippen LogP contribution >= 0.6 is 11.6 Å². The van der Waals surface area contributed by atoms with Gasteiger partial charge in [-0.3, -0.25) is 14.6 Å². The largest absolute Gasteiger partial charge is 0.354 e. The number of nitrogens with zero attached hydrogens (tertiary/aromatic N) is 3. The van der Waals surface area contributed by atoms with Crippen LogP contribution in [0.15, 0.2) is 79.0 Å². The number of benzene rings is 3. The number of aromatic nitrogens is 1. The molecule has 0 unspecified atom stereocenters. The van der Waals surface area contributed by atoms with Gasteiger partial charge in [-0.15, -0.1) is 0 Å². The molecule has 1 aromatic heterocycles. The van der Waals surface area contributed by atoms with Gasteiger partial charge in [0.15, 0.2) is 0 Å². The minimum Gasteiger partial charge on any atom is -0.354 e. The summed E-state index contributed by atoms with van der Waals surface area (Å²) in [6, 6.07) is 22.5. The van der Waals surface area contributed by atoms with Crippen LogP contribution in [0.3, 0.4) is 0 Å². The molecule has 0 atom stereocenters. The number of carbonyl (C=O) groups excluding carboxylic acids is 2. The zero-order valence-electron chi connectivity index (χ0n) is 21.5. The second kappa shape index (κ2) is 10.7. The van der Waals surface area contributed by atoms with Gasteiger partial charge in [0.05, 0.1) is 22.5 Å². The van der Waals surface area contributed by atoms with E-state index < -0.39 is 0 Å².